The van der Waals surface area contributed by atoms with Gasteiger partial charge in [0.05, 0.1) is 24.8 Å². The first kappa shape index (κ1) is 26.1. The molecule has 35 heavy (non-hydrogen) atoms. The second kappa shape index (κ2) is 11.3. The van der Waals surface area contributed by atoms with Crippen molar-refractivity contribution in [2.24, 2.45) is 0 Å². The molecule has 0 aliphatic heterocycles. The smallest absolute Gasteiger partial charge is 0.246 e. The summed E-state index contributed by atoms with van der Waals surface area (Å²) in [5.41, 5.74) is 0.395. The van der Waals surface area contributed by atoms with Crippen LogP contribution in [-0.2, 0) is 26.0 Å². The van der Waals surface area contributed by atoms with Gasteiger partial charge in [0.15, 0.2) is 5.82 Å². The first-order valence-electron chi connectivity index (χ1n) is 10.5. The zero-order chi connectivity index (χ0) is 25.6. The van der Waals surface area contributed by atoms with Gasteiger partial charge in [-0.15, -0.1) is 11.8 Å². The molecule has 0 spiro atoms. The summed E-state index contributed by atoms with van der Waals surface area (Å²) in [7, 11) is -1.07. The third-order valence-electron chi connectivity index (χ3n) is 4.95. The number of nitrogens with zero attached hydrogens (tertiary/aromatic N) is 2. The highest BCUT2D eigenvalue weighted by Crippen LogP contribution is 2.36. The Labute approximate surface area is 207 Å². The lowest BCUT2D eigenvalue weighted by atomic mass is 10.2. The van der Waals surface area contributed by atoms with Gasteiger partial charge in [0.2, 0.25) is 21.7 Å². The molecule has 186 valence electrons. The SMILES string of the molecule is CCC(=O)Nc1c(S(=O)(=O)c2ccccc2)c(SC)nn1CC(=O)Nc1ccc(OC)cc1OC. The lowest BCUT2D eigenvalue weighted by Gasteiger charge is -2.13. The number of hydrogen-bond acceptors (Lipinski definition) is 8. The maximum atomic E-state index is 13.5. The number of amides is 2. The molecule has 0 radical (unpaired) electrons. The molecule has 2 aromatic carbocycles. The fourth-order valence-electron chi connectivity index (χ4n) is 3.20. The fraction of sp³-hybridized carbons (Fsp3) is 0.261. The van der Waals surface area contributed by atoms with Crippen LogP contribution in [0.4, 0.5) is 11.5 Å². The monoisotopic (exact) mass is 518 g/mol. The summed E-state index contributed by atoms with van der Waals surface area (Å²) in [4.78, 5) is 25.1. The van der Waals surface area contributed by atoms with Crippen LogP contribution >= 0.6 is 11.8 Å². The molecule has 3 aromatic rings. The summed E-state index contributed by atoms with van der Waals surface area (Å²) < 4.78 is 38.6. The van der Waals surface area contributed by atoms with Crippen LogP contribution in [0.15, 0.2) is 63.3 Å². The lowest BCUT2D eigenvalue weighted by molar-refractivity contribution is -0.117. The molecule has 0 atom stereocenters. The number of benzene rings is 2. The van der Waals surface area contributed by atoms with Gasteiger partial charge in [0.25, 0.3) is 0 Å². The average molecular weight is 519 g/mol. The van der Waals surface area contributed by atoms with E-state index < -0.39 is 21.7 Å². The number of ether oxygens (including phenoxy) is 2. The summed E-state index contributed by atoms with van der Waals surface area (Å²) in [5, 5.41) is 9.83. The normalized spacial score (nSPS) is 11.1. The standard InChI is InChI=1S/C23H26N4O6S2/c1-5-19(28)25-22-21(35(30,31)16-9-7-6-8-10-16)23(34-4)26-27(22)14-20(29)24-17-12-11-15(32-2)13-18(17)33-3/h6-13H,5,14H2,1-4H3,(H,24,29)(H,25,28). The van der Waals surface area contributed by atoms with Crippen LogP contribution in [0, 0.1) is 0 Å². The van der Waals surface area contributed by atoms with Gasteiger partial charge in [-0.1, -0.05) is 25.1 Å². The van der Waals surface area contributed by atoms with Crippen molar-refractivity contribution < 1.29 is 27.5 Å². The maximum absolute atomic E-state index is 13.5. The van der Waals surface area contributed by atoms with E-state index in [-0.39, 0.29) is 33.6 Å². The van der Waals surface area contributed by atoms with E-state index in [1.807, 2.05) is 0 Å². The number of anilines is 2. The van der Waals surface area contributed by atoms with Crippen molar-refractivity contribution in [3.05, 3.63) is 48.5 Å². The molecule has 0 saturated heterocycles. The third-order valence-corrected chi connectivity index (χ3v) is 7.57. The predicted octanol–water partition coefficient (Wildman–Crippen LogP) is 3.44. The van der Waals surface area contributed by atoms with E-state index in [9.17, 15) is 18.0 Å². The van der Waals surface area contributed by atoms with E-state index in [1.54, 1.807) is 49.6 Å². The average Bonchev–Trinajstić information content (AvgIpc) is 3.21. The van der Waals surface area contributed by atoms with Crippen LogP contribution in [0.1, 0.15) is 13.3 Å². The van der Waals surface area contributed by atoms with Crippen LogP contribution < -0.4 is 20.1 Å². The molecule has 0 aliphatic carbocycles. The van der Waals surface area contributed by atoms with E-state index in [0.717, 1.165) is 11.8 Å². The summed E-state index contributed by atoms with van der Waals surface area (Å²) in [6.07, 6.45) is 1.78. The molecule has 2 N–H and O–H groups in total. The summed E-state index contributed by atoms with van der Waals surface area (Å²) in [6, 6.07) is 12.7. The summed E-state index contributed by atoms with van der Waals surface area (Å²) in [6.45, 7) is 1.28. The Morgan fingerprint density at radius 3 is 2.34 bits per heavy atom. The first-order chi connectivity index (χ1) is 16.7. The molecule has 10 nitrogen and oxygen atoms in total. The number of sulfone groups is 1. The van der Waals surface area contributed by atoms with Crippen molar-refractivity contribution in [1.82, 2.24) is 9.78 Å². The Bertz CT molecular complexity index is 1320. The molecule has 3 rings (SSSR count). The van der Waals surface area contributed by atoms with Gasteiger partial charge >= 0.3 is 0 Å². The summed E-state index contributed by atoms with van der Waals surface area (Å²) >= 11 is 1.10. The lowest BCUT2D eigenvalue weighted by Crippen LogP contribution is -2.23. The van der Waals surface area contributed by atoms with Gasteiger partial charge in [-0.25, -0.2) is 13.1 Å². The van der Waals surface area contributed by atoms with Crippen molar-refractivity contribution in [3.63, 3.8) is 0 Å². The number of nitrogens with one attached hydrogen (secondary N) is 2. The topological polar surface area (TPSA) is 129 Å². The zero-order valence-electron chi connectivity index (χ0n) is 19.7. The second-order valence-corrected chi connectivity index (χ2v) is 9.86. The van der Waals surface area contributed by atoms with Crippen LogP contribution in [0.3, 0.4) is 0 Å². The number of thioether (sulfide) groups is 1. The molecule has 12 heteroatoms. The van der Waals surface area contributed by atoms with E-state index in [4.69, 9.17) is 9.47 Å². The van der Waals surface area contributed by atoms with E-state index in [0.29, 0.717) is 17.2 Å². The second-order valence-electron chi connectivity index (χ2n) is 7.18. The molecule has 2 amide bonds. The van der Waals surface area contributed by atoms with Gasteiger partial charge in [-0.2, -0.15) is 5.10 Å². The van der Waals surface area contributed by atoms with Crippen molar-refractivity contribution in [1.29, 1.82) is 0 Å². The first-order valence-corrected chi connectivity index (χ1v) is 13.2. The Balaban J connectivity index is 2.02. The van der Waals surface area contributed by atoms with Crippen molar-refractivity contribution >= 4 is 44.9 Å². The number of hydrogen-bond donors (Lipinski definition) is 2. The quantitative estimate of drug-likeness (QED) is 0.391. The highest BCUT2D eigenvalue weighted by atomic mass is 32.2. The van der Waals surface area contributed by atoms with E-state index in [2.05, 4.69) is 15.7 Å². The molecule has 0 bridgehead atoms. The summed E-state index contributed by atoms with van der Waals surface area (Å²) in [5.74, 6) is -0.0478. The number of methoxy groups -OCH3 is 2. The largest absolute Gasteiger partial charge is 0.497 e. The molecular weight excluding hydrogens is 492 g/mol. The number of carbonyl (C=O) groups excluding carboxylic acids is 2. The van der Waals surface area contributed by atoms with Crippen LogP contribution in [0.2, 0.25) is 0 Å². The van der Waals surface area contributed by atoms with Gasteiger partial charge in [0.1, 0.15) is 28.0 Å². The Morgan fingerprint density at radius 1 is 1.03 bits per heavy atom. The third kappa shape index (κ3) is 5.77. The molecule has 1 aromatic heterocycles. The minimum Gasteiger partial charge on any atom is -0.497 e. The molecule has 0 saturated carbocycles. The van der Waals surface area contributed by atoms with Gasteiger partial charge in [0, 0.05) is 12.5 Å². The zero-order valence-corrected chi connectivity index (χ0v) is 21.3. The number of carbonyl (C=O) groups is 2. The minimum absolute atomic E-state index is 0.0502. The van der Waals surface area contributed by atoms with Crippen LogP contribution in [0.25, 0.3) is 0 Å². The van der Waals surface area contributed by atoms with E-state index in [1.165, 1.54) is 31.0 Å². The van der Waals surface area contributed by atoms with Crippen molar-refractivity contribution in [2.45, 2.75) is 34.7 Å². The number of aromatic nitrogens is 2. The molecule has 0 unspecified atom stereocenters. The predicted molar refractivity (Wildman–Crippen MR) is 133 cm³/mol. The van der Waals surface area contributed by atoms with Gasteiger partial charge in [-0.05, 0) is 30.5 Å². The van der Waals surface area contributed by atoms with Crippen LogP contribution in [0.5, 0.6) is 11.5 Å². The Hall–Kier alpha value is -3.51. The Kier molecular flexibility index (Phi) is 8.41. The van der Waals surface area contributed by atoms with Gasteiger partial charge in [-0.3, -0.25) is 9.59 Å². The highest BCUT2D eigenvalue weighted by Gasteiger charge is 2.31. The highest BCUT2D eigenvalue weighted by molar-refractivity contribution is 7.99. The Morgan fingerprint density at radius 2 is 1.74 bits per heavy atom. The number of rotatable bonds is 10. The maximum Gasteiger partial charge on any atom is 0.246 e. The fourth-order valence-corrected chi connectivity index (χ4v) is 5.67. The molecule has 0 aliphatic rings. The van der Waals surface area contributed by atoms with Gasteiger partial charge < -0.3 is 20.1 Å². The van der Waals surface area contributed by atoms with Crippen molar-refractivity contribution in [2.75, 3.05) is 31.1 Å². The van der Waals surface area contributed by atoms with Crippen molar-refractivity contribution in [3.8, 4) is 11.5 Å². The van der Waals surface area contributed by atoms with E-state index >= 15 is 0 Å². The van der Waals surface area contributed by atoms with Crippen LogP contribution in [-0.4, -0.2) is 50.5 Å². The molecular formula is C23H26N4O6S2. The molecule has 0 fully saturated rings. The molecule has 1 heterocycles. The minimum atomic E-state index is -4.04.